The highest BCUT2D eigenvalue weighted by Crippen LogP contribution is 2.25. The number of carboxylic acid groups (broad SMARTS) is 1. The van der Waals surface area contributed by atoms with Crippen LogP contribution in [0.3, 0.4) is 0 Å². The Bertz CT molecular complexity index is 644. The molecule has 20 heavy (non-hydrogen) atoms. The summed E-state index contributed by atoms with van der Waals surface area (Å²) in [6, 6.07) is 5.82. The number of rotatable bonds is 4. The third kappa shape index (κ3) is 2.69. The highest BCUT2D eigenvalue weighted by atomic mass is 35.5. The average molecular weight is 295 g/mol. The molecule has 0 fully saturated rings. The summed E-state index contributed by atoms with van der Waals surface area (Å²) in [6.07, 6.45) is 0. The van der Waals surface area contributed by atoms with Gasteiger partial charge in [0, 0.05) is 7.11 Å². The Morgan fingerprint density at radius 2 is 1.95 bits per heavy atom. The fourth-order valence-corrected chi connectivity index (χ4v) is 2.46. The van der Waals surface area contributed by atoms with Crippen molar-refractivity contribution in [3.63, 3.8) is 0 Å². The molecule has 0 bridgehead atoms. The van der Waals surface area contributed by atoms with E-state index >= 15 is 0 Å². The zero-order valence-electron chi connectivity index (χ0n) is 11.5. The molecule has 0 atom stereocenters. The monoisotopic (exact) mass is 294 g/mol. The molecule has 0 aliphatic rings. The molecule has 1 heterocycles. The average Bonchev–Trinajstić information content (AvgIpc) is 2.65. The first-order valence-electron chi connectivity index (χ1n) is 6.02. The van der Waals surface area contributed by atoms with Gasteiger partial charge in [-0.2, -0.15) is 5.10 Å². The van der Waals surface area contributed by atoms with E-state index in [1.807, 2.05) is 32.0 Å². The standard InChI is InChI=1S/C14H15ClN2O3/c1-8-4-9(2)6-10(5-8)17-13(15)12(14(18)19)11(16-17)7-20-3/h4-6H,7H2,1-3H3,(H,18,19). The third-order valence-corrected chi connectivity index (χ3v) is 3.20. The Hall–Kier alpha value is -1.85. The summed E-state index contributed by atoms with van der Waals surface area (Å²) in [5.74, 6) is -1.11. The van der Waals surface area contributed by atoms with E-state index in [1.54, 1.807) is 0 Å². The Labute approximate surface area is 121 Å². The van der Waals surface area contributed by atoms with Crippen molar-refractivity contribution in [1.29, 1.82) is 0 Å². The minimum absolute atomic E-state index is 0.0207. The Morgan fingerprint density at radius 3 is 2.45 bits per heavy atom. The number of aromatic carboxylic acids is 1. The van der Waals surface area contributed by atoms with E-state index in [0.29, 0.717) is 5.69 Å². The Morgan fingerprint density at radius 1 is 1.35 bits per heavy atom. The summed E-state index contributed by atoms with van der Waals surface area (Å²) in [7, 11) is 1.48. The minimum Gasteiger partial charge on any atom is -0.478 e. The SMILES string of the molecule is COCc1nn(-c2cc(C)cc(C)c2)c(Cl)c1C(=O)O. The molecule has 5 nitrogen and oxygen atoms in total. The Kier molecular flexibility index (Phi) is 4.11. The molecular weight excluding hydrogens is 280 g/mol. The van der Waals surface area contributed by atoms with Gasteiger partial charge in [0.2, 0.25) is 0 Å². The molecule has 2 rings (SSSR count). The number of ether oxygens (including phenoxy) is 1. The first-order valence-corrected chi connectivity index (χ1v) is 6.40. The molecule has 0 spiro atoms. The van der Waals surface area contributed by atoms with E-state index in [-0.39, 0.29) is 17.3 Å². The number of hydrogen-bond donors (Lipinski definition) is 1. The van der Waals surface area contributed by atoms with Crippen molar-refractivity contribution in [2.24, 2.45) is 0 Å². The number of aromatic nitrogens is 2. The van der Waals surface area contributed by atoms with Crippen molar-refractivity contribution < 1.29 is 14.6 Å². The van der Waals surface area contributed by atoms with Crippen LogP contribution in [0.1, 0.15) is 27.2 Å². The van der Waals surface area contributed by atoms with Gasteiger partial charge in [0.25, 0.3) is 0 Å². The molecule has 2 aromatic rings. The zero-order chi connectivity index (χ0) is 14.9. The van der Waals surface area contributed by atoms with Gasteiger partial charge in [0.1, 0.15) is 16.4 Å². The predicted molar refractivity (Wildman–Crippen MR) is 75.7 cm³/mol. The predicted octanol–water partition coefficient (Wildman–Crippen LogP) is 2.99. The van der Waals surface area contributed by atoms with E-state index in [4.69, 9.17) is 16.3 Å². The maximum atomic E-state index is 11.3. The number of carboxylic acids is 1. The van der Waals surface area contributed by atoms with Crippen LogP contribution in [0.5, 0.6) is 0 Å². The number of hydrogen-bond acceptors (Lipinski definition) is 3. The molecule has 0 radical (unpaired) electrons. The lowest BCUT2D eigenvalue weighted by atomic mass is 10.1. The van der Waals surface area contributed by atoms with Gasteiger partial charge in [-0.3, -0.25) is 0 Å². The van der Waals surface area contributed by atoms with Crippen molar-refractivity contribution in [3.05, 3.63) is 45.7 Å². The maximum absolute atomic E-state index is 11.3. The van der Waals surface area contributed by atoms with E-state index in [0.717, 1.165) is 16.8 Å². The van der Waals surface area contributed by atoms with Gasteiger partial charge in [0.15, 0.2) is 0 Å². The molecule has 0 aliphatic heterocycles. The molecule has 0 saturated heterocycles. The van der Waals surface area contributed by atoms with Gasteiger partial charge in [0.05, 0.1) is 12.3 Å². The summed E-state index contributed by atoms with van der Waals surface area (Å²) in [5.41, 5.74) is 3.13. The summed E-state index contributed by atoms with van der Waals surface area (Å²) >= 11 is 6.16. The normalized spacial score (nSPS) is 10.8. The van der Waals surface area contributed by atoms with Gasteiger partial charge < -0.3 is 9.84 Å². The van der Waals surface area contributed by atoms with Crippen LogP contribution in [-0.2, 0) is 11.3 Å². The summed E-state index contributed by atoms with van der Waals surface area (Å²) in [5, 5.41) is 13.6. The quantitative estimate of drug-likeness (QED) is 0.941. The summed E-state index contributed by atoms with van der Waals surface area (Å²) < 4.78 is 6.40. The van der Waals surface area contributed by atoms with E-state index in [9.17, 15) is 9.90 Å². The second kappa shape index (κ2) is 5.64. The summed E-state index contributed by atoms with van der Waals surface area (Å²) in [6.45, 7) is 4.02. The van der Waals surface area contributed by atoms with Gasteiger partial charge in [-0.25, -0.2) is 9.48 Å². The van der Waals surface area contributed by atoms with Crippen molar-refractivity contribution in [2.45, 2.75) is 20.5 Å². The van der Waals surface area contributed by atoms with Crippen molar-refractivity contribution in [3.8, 4) is 5.69 Å². The van der Waals surface area contributed by atoms with Crippen LogP contribution in [0.15, 0.2) is 18.2 Å². The number of halogens is 1. The molecule has 0 saturated carbocycles. The van der Waals surface area contributed by atoms with Gasteiger partial charge in [-0.15, -0.1) is 0 Å². The molecule has 1 aromatic heterocycles. The topological polar surface area (TPSA) is 64.4 Å². The minimum atomic E-state index is -1.11. The number of methoxy groups -OCH3 is 1. The maximum Gasteiger partial charge on any atom is 0.340 e. The number of aryl methyl sites for hydroxylation is 2. The third-order valence-electron chi connectivity index (χ3n) is 2.85. The van der Waals surface area contributed by atoms with Crippen LogP contribution >= 0.6 is 11.6 Å². The Balaban J connectivity index is 2.62. The molecule has 0 aliphatic carbocycles. The van der Waals surface area contributed by atoms with Crippen molar-refractivity contribution in [2.75, 3.05) is 7.11 Å². The highest BCUT2D eigenvalue weighted by Gasteiger charge is 2.23. The van der Waals surface area contributed by atoms with Crippen LogP contribution < -0.4 is 0 Å². The molecule has 106 valence electrons. The zero-order valence-corrected chi connectivity index (χ0v) is 12.2. The van der Waals surface area contributed by atoms with E-state index in [1.165, 1.54) is 11.8 Å². The lowest BCUT2D eigenvalue weighted by Gasteiger charge is -2.06. The lowest BCUT2D eigenvalue weighted by Crippen LogP contribution is -2.01. The van der Waals surface area contributed by atoms with Crippen LogP contribution in [0.25, 0.3) is 5.69 Å². The van der Waals surface area contributed by atoms with Crippen LogP contribution in [-0.4, -0.2) is 28.0 Å². The first-order chi connectivity index (χ1) is 9.43. The fraction of sp³-hybridized carbons (Fsp3) is 0.286. The van der Waals surface area contributed by atoms with Gasteiger partial charge in [-0.05, 0) is 37.1 Å². The largest absolute Gasteiger partial charge is 0.478 e. The van der Waals surface area contributed by atoms with Crippen LogP contribution in [0.4, 0.5) is 0 Å². The molecule has 0 unspecified atom stereocenters. The van der Waals surface area contributed by atoms with Crippen LogP contribution in [0, 0.1) is 13.8 Å². The molecule has 6 heteroatoms. The van der Waals surface area contributed by atoms with Crippen LogP contribution in [0.2, 0.25) is 5.15 Å². The van der Waals surface area contributed by atoms with Gasteiger partial charge >= 0.3 is 5.97 Å². The number of benzene rings is 1. The van der Waals surface area contributed by atoms with Crippen molar-refractivity contribution >= 4 is 17.6 Å². The summed E-state index contributed by atoms with van der Waals surface area (Å²) in [4.78, 5) is 11.3. The van der Waals surface area contributed by atoms with Crippen molar-refractivity contribution in [1.82, 2.24) is 9.78 Å². The lowest BCUT2D eigenvalue weighted by molar-refractivity contribution is 0.0692. The number of carbonyl (C=O) groups is 1. The molecule has 1 N–H and O–H groups in total. The van der Waals surface area contributed by atoms with E-state index < -0.39 is 5.97 Å². The molecule has 0 amide bonds. The van der Waals surface area contributed by atoms with Gasteiger partial charge in [-0.1, -0.05) is 17.7 Å². The molecule has 1 aromatic carbocycles. The number of nitrogens with zero attached hydrogens (tertiary/aromatic N) is 2. The smallest absolute Gasteiger partial charge is 0.340 e. The van der Waals surface area contributed by atoms with E-state index in [2.05, 4.69) is 5.10 Å². The highest BCUT2D eigenvalue weighted by molar-refractivity contribution is 6.32. The second-order valence-electron chi connectivity index (χ2n) is 4.61. The molecular formula is C14H15ClN2O3. The first kappa shape index (κ1) is 14.6. The second-order valence-corrected chi connectivity index (χ2v) is 4.97. The fourth-order valence-electron chi connectivity index (χ4n) is 2.13.